The molecule has 1 aromatic carbocycles. The number of carboxylic acid groups (broad SMARTS) is 1. The van der Waals surface area contributed by atoms with E-state index in [0.29, 0.717) is 5.56 Å². The van der Waals surface area contributed by atoms with E-state index in [9.17, 15) is 4.79 Å². The zero-order valence-corrected chi connectivity index (χ0v) is 6.40. The number of benzene rings is 1. The van der Waals surface area contributed by atoms with Gasteiger partial charge in [-0.3, -0.25) is 0 Å². The third kappa shape index (κ3) is 1.32. The summed E-state index contributed by atoms with van der Waals surface area (Å²) in [7, 11) is 0. The van der Waals surface area contributed by atoms with E-state index < -0.39 is 11.7 Å². The number of hydrogen-bond donors (Lipinski definition) is 3. The van der Waals surface area contributed by atoms with Gasteiger partial charge in [-0.1, -0.05) is 0 Å². The number of aromatic carboxylic acids is 1. The summed E-state index contributed by atoms with van der Waals surface area (Å²) in [6, 6.07) is 2.23. The van der Waals surface area contributed by atoms with Gasteiger partial charge in [-0.05, 0) is 18.6 Å². The number of phenols is 2. The molecule has 0 aliphatic carbocycles. The molecule has 12 heavy (non-hydrogen) atoms. The molecule has 0 aromatic heterocycles. The third-order valence-electron chi connectivity index (χ3n) is 1.54. The Morgan fingerprint density at radius 1 is 1.25 bits per heavy atom. The van der Waals surface area contributed by atoms with Crippen LogP contribution in [0, 0.1) is 6.92 Å². The van der Waals surface area contributed by atoms with Crippen LogP contribution in [0.15, 0.2) is 12.1 Å². The molecule has 0 radical (unpaired) electrons. The van der Waals surface area contributed by atoms with Crippen LogP contribution < -0.4 is 0 Å². The highest BCUT2D eigenvalue weighted by Gasteiger charge is 2.11. The Bertz CT molecular complexity index is 330. The van der Waals surface area contributed by atoms with E-state index in [1.165, 1.54) is 6.07 Å². The van der Waals surface area contributed by atoms with Crippen LogP contribution in [0.25, 0.3) is 0 Å². The molecule has 0 unspecified atom stereocenters. The van der Waals surface area contributed by atoms with Crippen molar-refractivity contribution in [1.29, 1.82) is 0 Å². The molecule has 3 N–H and O–H groups in total. The lowest BCUT2D eigenvalue weighted by molar-refractivity contribution is 0.0693. The standard InChI is InChI=1S/C8H8O4/c1-4-2-5(8(11)12)7(10)3-6(4)9/h2-3,9-10H,1H3,(H,11,12). The van der Waals surface area contributed by atoms with E-state index in [2.05, 4.69) is 0 Å². The zero-order valence-electron chi connectivity index (χ0n) is 6.40. The first-order valence-electron chi connectivity index (χ1n) is 3.28. The van der Waals surface area contributed by atoms with Crippen LogP contribution in [0.4, 0.5) is 0 Å². The quantitative estimate of drug-likeness (QED) is 0.586. The van der Waals surface area contributed by atoms with Crippen LogP contribution in [0.5, 0.6) is 11.5 Å². The second kappa shape index (κ2) is 2.73. The van der Waals surface area contributed by atoms with Gasteiger partial charge in [0.05, 0.1) is 0 Å². The van der Waals surface area contributed by atoms with Crippen LogP contribution in [0.1, 0.15) is 15.9 Å². The molecular formula is C8H8O4. The number of aryl methyl sites for hydroxylation is 1. The van der Waals surface area contributed by atoms with Crippen molar-refractivity contribution in [3.63, 3.8) is 0 Å². The first-order chi connectivity index (χ1) is 5.52. The fourth-order valence-corrected chi connectivity index (χ4v) is 0.857. The zero-order chi connectivity index (χ0) is 9.30. The summed E-state index contributed by atoms with van der Waals surface area (Å²) in [6.07, 6.45) is 0. The average molecular weight is 168 g/mol. The van der Waals surface area contributed by atoms with Crippen molar-refractivity contribution in [3.05, 3.63) is 23.3 Å². The van der Waals surface area contributed by atoms with E-state index in [1.807, 2.05) is 0 Å². The van der Waals surface area contributed by atoms with Gasteiger partial charge in [0.15, 0.2) is 0 Å². The van der Waals surface area contributed by atoms with E-state index in [1.54, 1.807) is 6.92 Å². The molecule has 4 heteroatoms. The molecule has 0 bridgehead atoms. The van der Waals surface area contributed by atoms with Crippen LogP contribution in [0.2, 0.25) is 0 Å². The molecule has 4 nitrogen and oxygen atoms in total. The molecule has 0 aliphatic heterocycles. The Morgan fingerprint density at radius 3 is 2.33 bits per heavy atom. The van der Waals surface area contributed by atoms with Gasteiger partial charge in [-0.2, -0.15) is 0 Å². The molecule has 64 valence electrons. The number of aromatic hydroxyl groups is 2. The highest BCUT2D eigenvalue weighted by molar-refractivity contribution is 5.91. The predicted octanol–water partition coefficient (Wildman–Crippen LogP) is 1.10. The lowest BCUT2D eigenvalue weighted by atomic mass is 10.1. The normalized spacial score (nSPS) is 9.75. The van der Waals surface area contributed by atoms with Crippen molar-refractivity contribution >= 4 is 5.97 Å². The Kier molecular flexibility index (Phi) is 1.91. The van der Waals surface area contributed by atoms with E-state index in [-0.39, 0.29) is 11.3 Å². The van der Waals surface area contributed by atoms with Gasteiger partial charge in [0.1, 0.15) is 17.1 Å². The predicted molar refractivity (Wildman–Crippen MR) is 41.5 cm³/mol. The Hall–Kier alpha value is -1.71. The summed E-state index contributed by atoms with van der Waals surface area (Å²) in [5.41, 5.74) is 0.218. The Morgan fingerprint density at radius 2 is 1.83 bits per heavy atom. The summed E-state index contributed by atoms with van der Waals surface area (Å²) < 4.78 is 0. The smallest absolute Gasteiger partial charge is 0.339 e. The van der Waals surface area contributed by atoms with Crippen molar-refractivity contribution < 1.29 is 20.1 Å². The summed E-state index contributed by atoms with van der Waals surface area (Å²) in [6.45, 7) is 1.56. The molecule has 0 aliphatic rings. The van der Waals surface area contributed by atoms with E-state index in [4.69, 9.17) is 15.3 Å². The molecular weight excluding hydrogens is 160 g/mol. The minimum atomic E-state index is -1.21. The van der Waals surface area contributed by atoms with Gasteiger partial charge in [-0.15, -0.1) is 0 Å². The number of hydrogen-bond acceptors (Lipinski definition) is 3. The monoisotopic (exact) mass is 168 g/mol. The molecule has 0 spiro atoms. The molecule has 0 atom stereocenters. The van der Waals surface area contributed by atoms with Crippen molar-refractivity contribution in [2.75, 3.05) is 0 Å². The molecule has 1 rings (SSSR count). The van der Waals surface area contributed by atoms with Crippen molar-refractivity contribution in [1.82, 2.24) is 0 Å². The van der Waals surface area contributed by atoms with E-state index >= 15 is 0 Å². The highest BCUT2D eigenvalue weighted by Crippen LogP contribution is 2.26. The Balaban J connectivity index is 3.33. The summed E-state index contributed by atoms with van der Waals surface area (Å²) in [5, 5.41) is 26.6. The van der Waals surface area contributed by atoms with Crippen LogP contribution >= 0.6 is 0 Å². The average Bonchev–Trinajstić information content (AvgIpc) is 1.96. The van der Waals surface area contributed by atoms with Crippen molar-refractivity contribution in [2.24, 2.45) is 0 Å². The first kappa shape index (κ1) is 8.39. The topological polar surface area (TPSA) is 77.8 Å². The maximum absolute atomic E-state index is 10.4. The third-order valence-corrected chi connectivity index (χ3v) is 1.54. The lowest BCUT2D eigenvalue weighted by Crippen LogP contribution is -1.97. The minimum absolute atomic E-state index is 0.113. The maximum Gasteiger partial charge on any atom is 0.339 e. The van der Waals surface area contributed by atoms with Crippen molar-refractivity contribution in [2.45, 2.75) is 6.92 Å². The van der Waals surface area contributed by atoms with Gasteiger partial charge in [0.2, 0.25) is 0 Å². The lowest BCUT2D eigenvalue weighted by Gasteiger charge is -2.02. The fraction of sp³-hybridized carbons (Fsp3) is 0.125. The van der Waals surface area contributed by atoms with Crippen molar-refractivity contribution in [3.8, 4) is 11.5 Å². The highest BCUT2D eigenvalue weighted by atomic mass is 16.4. The number of carboxylic acids is 1. The first-order valence-corrected chi connectivity index (χ1v) is 3.28. The number of carbonyl (C=O) groups is 1. The fourth-order valence-electron chi connectivity index (χ4n) is 0.857. The second-order valence-corrected chi connectivity index (χ2v) is 2.46. The number of phenolic OH excluding ortho intramolecular Hbond substituents is 1. The molecule has 0 saturated carbocycles. The van der Waals surface area contributed by atoms with Gasteiger partial charge in [0.25, 0.3) is 0 Å². The molecule has 0 amide bonds. The molecule has 0 fully saturated rings. The van der Waals surface area contributed by atoms with Crippen LogP contribution in [0.3, 0.4) is 0 Å². The largest absolute Gasteiger partial charge is 0.508 e. The maximum atomic E-state index is 10.4. The van der Waals surface area contributed by atoms with Gasteiger partial charge < -0.3 is 15.3 Å². The van der Waals surface area contributed by atoms with Crippen LogP contribution in [-0.4, -0.2) is 21.3 Å². The molecule has 0 saturated heterocycles. The second-order valence-electron chi connectivity index (χ2n) is 2.46. The Labute approximate surface area is 68.7 Å². The van der Waals surface area contributed by atoms with Gasteiger partial charge >= 0.3 is 5.97 Å². The molecule has 0 heterocycles. The summed E-state index contributed by atoms with van der Waals surface area (Å²) in [4.78, 5) is 10.4. The van der Waals surface area contributed by atoms with Gasteiger partial charge in [0, 0.05) is 6.07 Å². The molecule has 1 aromatic rings. The number of rotatable bonds is 1. The SMILES string of the molecule is Cc1cc(C(=O)O)c(O)cc1O. The summed E-state index contributed by atoms with van der Waals surface area (Å²) in [5.74, 6) is -1.75. The minimum Gasteiger partial charge on any atom is -0.508 e. The van der Waals surface area contributed by atoms with Crippen LogP contribution in [-0.2, 0) is 0 Å². The van der Waals surface area contributed by atoms with E-state index in [0.717, 1.165) is 6.07 Å². The summed E-state index contributed by atoms with van der Waals surface area (Å²) >= 11 is 0. The van der Waals surface area contributed by atoms with Gasteiger partial charge in [-0.25, -0.2) is 4.79 Å².